The van der Waals surface area contributed by atoms with E-state index in [1.54, 1.807) is 6.92 Å². The highest BCUT2D eigenvalue weighted by Gasteiger charge is 2.83. The van der Waals surface area contributed by atoms with Gasteiger partial charge in [-0.05, 0) is 13.3 Å². The number of ether oxygens (including phenoxy) is 3. The van der Waals surface area contributed by atoms with Gasteiger partial charge in [0.05, 0.1) is 25.2 Å². The van der Waals surface area contributed by atoms with E-state index in [1.165, 1.54) is 0 Å². The van der Waals surface area contributed by atoms with E-state index in [2.05, 4.69) is 0 Å². The van der Waals surface area contributed by atoms with Crippen LogP contribution in [0.2, 0.25) is 0 Å². The maximum atomic E-state index is 12.3. The average Bonchev–Trinajstić information content (AvgIpc) is 2.67. The Morgan fingerprint density at radius 2 is 1.92 bits per heavy atom. The molecule has 5 rings (SSSR count). The first-order chi connectivity index (χ1) is 11.7. The molecule has 0 aromatic heterocycles. The lowest BCUT2D eigenvalue weighted by Gasteiger charge is -2.66. The van der Waals surface area contributed by atoms with Crippen LogP contribution >= 0.6 is 0 Å². The lowest BCUT2D eigenvalue weighted by atomic mass is 9.41. The van der Waals surface area contributed by atoms with E-state index in [0.717, 1.165) is 0 Å². The first-order valence-electron chi connectivity index (χ1n) is 8.51. The van der Waals surface area contributed by atoms with Crippen LogP contribution in [0.4, 0.5) is 0 Å². The summed E-state index contributed by atoms with van der Waals surface area (Å²) in [5.74, 6) is -0.355. The number of aliphatic hydroxyl groups excluding tert-OH is 5. The van der Waals surface area contributed by atoms with Crippen molar-refractivity contribution in [3.8, 4) is 0 Å². The van der Waals surface area contributed by atoms with Crippen molar-refractivity contribution in [2.45, 2.75) is 61.7 Å². The zero-order valence-corrected chi connectivity index (χ0v) is 13.9. The van der Waals surface area contributed by atoms with Gasteiger partial charge in [0.1, 0.15) is 41.4 Å². The third kappa shape index (κ3) is 1.93. The molecule has 0 aromatic rings. The van der Waals surface area contributed by atoms with Gasteiger partial charge in [0.15, 0.2) is 6.29 Å². The molecule has 9 atom stereocenters. The van der Waals surface area contributed by atoms with E-state index >= 15 is 0 Å². The largest absolute Gasteiger partial charge is 0.396 e. The lowest BCUT2D eigenvalue weighted by Crippen LogP contribution is -2.79. The van der Waals surface area contributed by atoms with Gasteiger partial charge in [-0.3, -0.25) is 4.79 Å². The Morgan fingerprint density at radius 3 is 2.56 bits per heavy atom. The number of aliphatic hydroxyl groups is 5. The molecule has 5 fully saturated rings. The number of fused-ring (bicyclic) bond motifs is 1. The molecule has 5 aliphatic rings. The topological polar surface area (TPSA) is 146 Å². The SMILES string of the molecule is C[C@]12CC(=O)[C@@H]3C[C@]1(O[C@@H]1O[C@H](CO)[C@@H](O)[C@H](O)[C@H]1O)[C@]3(CO)CO2. The van der Waals surface area contributed by atoms with Crippen LogP contribution in [0.5, 0.6) is 0 Å². The number of ketones is 1. The number of hydrogen-bond donors (Lipinski definition) is 5. The number of Topliss-reactive ketones (excluding diaryl/α,β-unsaturated/α-hetero) is 1. The number of hydrogen-bond acceptors (Lipinski definition) is 9. The normalized spacial score (nSPS) is 57.4. The summed E-state index contributed by atoms with van der Waals surface area (Å²) in [6, 6.07) is 0. The number of rotatable bonds is 4. The third-order valence-electron chi connectivity index (χ3n) is 6.81. The Morgan fingerprint density at radius 1 is 1.20 bits per heavy atom. The third-order valence-corrected chi connectivity index (χ3v) is 6.81. The highest BCUT2D eigenvalue weighted by molar-refractivity contribution is 5.88. The Bertz CT molecular complexity index is 582. The van der Waals surface area contributed by atoms with Gasteiger partial charge in [0, 0.05) is 12.3 Å². The van der Waals surface area contributed by atoms with Crippen LogP contribution in [0.25, 0.3) is 0 Å². The highest BCUT2D eigenvalue weighted by atomic mass is 16.7. The first-order valence-corrected chi connectivity index (χ1v) is 8.51. The van der Waals surface area contributed by atoms with Crippen molar-refractivity contribution in [2.75, 3.05) is 19.8 Å². The summed E-state index contributed by atoms with van der Waals surface area (Å²) in [4.78, 5) is 12.3. The molecule has 0 unspecified atom stereocenters. The number of carbonyl (C=O) groups excluding carboxylic acids is 1. The van der Waals surface area contributed by atoms with Crippen molar-refractivity contribution in [1.29, 1.82) is 0 Å². The summed E-state index contributed by atoms with van der Waals surface area (Å²) in [6.07, 6.45) is -6.51. The van der Waals surface area contributed by atoms with Gasteiger partial charge in [0.2, 0.25) is 0 Å². The summed E-state index contributed by atoms with van der Waals surface area (Å²) in [5, 5.41) is 49.4. The van der Waals surface area contributed by atoms with Gasteiger partial charge in [0.25, 0.3) is 0 Å². The fraction of sp³-hybridized carbons (Fsp3) is 0.938. The molecule has 25 heavy (non-hydrogen) atoms. The average molecular weight is 360 g/mol. The van der Waals surface area contributed by atoms with E-state index in [1.807, 2.05) is 0 Å². The molecule has 0 spiro atoms. The zero-order chi connectivity index (χ0) is 18.2. The van der Waals surface area contributed by atoms with Gasteiger partial charge in [-0.15, -0.1) is 0 Å². The molecular formula is C16H24O9. The second kappa shape index (κ2) is 5.43. The second-order valence-electron chi connectivity index (χ2n) is 7.88. The van der Waals surface area contributed by atoms with Crippen LogP contribution in [-0.2, 0) is 19.0 Å². The predicted octanol–water partition coefficient (Wildman–Crippen LogP) is -2.70. The summed E-state index contributed by atoms with van der Waals surface area (Å²) in [7, 11) is 0. The van der Waals surface area contributed by atoms with Crippen LogP contribution < -0.4 is 0 Å². The van der Waals surface area contributed by atoms with Crippen molar-refractivity contribution in [1.82, 2.24) is 0 Å². The molecule has 4 bridgehead atoms. The van der Waals surface area contributed by atoms with Crippen LogP contribution in [-0.4, -0.2) is 93.0 Å². The van der Waals surface area contributed by atoms with Gasteiger partial charge in [-0.2, -0.15) is 0 Å². The molecule has 2 aliphatic heterocycles. The molecule has 2 saturated heterocycles. The van der Waals surface area contributed by atoms with E-state index in [4.69, 9.17) is 14.2 Å². The Hall–Kier alpha value is -0.650. The molecule has 0 amide bonds. The molecule has 9 heteroatoms. The minimum absolute atomic E-state index is 0.0216. The molecule has 3 saturated carbocycles. The summed E-state index contributed by atoms with van der Waals surface area (Å²) >= 11 is 0. The predicted molar refractivity (Wildman–Crippen MR) is 79.2 cm³/mol. The Labute approximate surface area is 144 Å². The monoisotopic (exact) mass is 360 g/mol. The van der Waals surface area contributed by atoms with Crippen molar-refractivity contribution >= 4 is 5.78 Å². The second-order valence-corrected chi connectivity index (χ2v) is 7.88. The van der Waals surface area contributed by atoms with Crippen LogP contribution in [0.3, 0.4) is 0 Å². The van der Waals surface area contributed by atoms with Gasteiger partial charge < -0.3 is 39.7 Å². The van der Waals surface area contributed by atoms with Crippen molar-refractivity contribution in [3.05, 3.63) is 0 Å². The molecule has 0 aromatic carbocycles. The number of carbonyl (C=O) groups is 1. The van der Waals surface area contributed by atoms with Crippen LogP contribution in [0.15, 0.2) is 0 Å². The molecular weight excluding hydrogens is 336 g/mol. The maximum Gasteiger partial charge on any atom is 0.187 e. The molecule has 2 heterocycles. The van der Waals surface area contributed by atoms with Crippen molar-refractivity contribution in [3.63, 3.8) is 0 Å². The van der Waals surface area contributed by atoms with Crippen LogP contribution in [0.1, 0.15) is 19.8 Å². The fourth-order valence-corrected chi connectivity index (χ4v) is 5.21. The first kappa shape index (κ1) is 17.7. The molecule has 0 radical (unpaired) electrons. The summed E-state index contributed by atoms with van der Waals surface area (Å²) < 4.78 is 17.4. The van der Waals surface area contributed by atoms with E-state index < -0.39 is 53.9 Å². The Balaban J connectivity index is 1.65. The fourth-order valence-electron chi connectivity index (χ4n) is 5.21. The zero-order valence-electron chi connectivity index (χ0n) is 13.9. The van der Waals surface area contributed by atoms with Crippen molar-refractivity contribution < 1.29 is 44.5 Å². The van der Waals surface area contributed by atoms with E-state index in [9.17, 15) is 30.3 Å². The molecule has 142 valence electrons. The van der Waals surface area contributed by atoms with Gasteiger partial charge in [-0.1, -0.05) is 0 Å². The van der Waals surface area contributed by atoms with E-state index in [-0.39, 0.29) is 31.3 Å². The lowest BCUT2D eigenvalue weighted by molar-refractivity contribution is -0.379. The van der Waals surface area contributed by atoms with E-state index in [0.29, 0.717) is 6.42 Å². The minimum Gasteiger partial charge on any atom is -0.396 e. The summed E-state index contributed by atoms with van der Waals surface area (Å²) in [5.41, 5.74) is -2.92. The maximum absolute atomic E-state index is 12.3. The van der Waals surface area contributed by atoms with Gasteiger partial charge in [-0.25, -0.2) is 0 Å². The smallest absolute Gasteiger partial charge is 0.187 e. The minimum atomic E-state index is -1.55. The Kier molecular flexibility index (Phi) is 3.85. The molecule has 9 nitrogen and oxygen atoms in total. The molecule has 5 N–H and O–H groups in total. The summed E-state index contributed by atoms with van der Waals surface area (Å²) in [6.45, 7) is 1.03. The quantitative estimate of drug-likeness (QED) is 0.361. The van der Waals surface area contributed by atoms with Crippen LogP contribution in [0, 0.1) is 11.3 Å². The standard InChI is InChI=1S/C16H24O9/c1-14-3-8(19)7-2-16(14,15(7,5-18)6-23-14)25-13-12(22)11(21)10(20)9(4-17)24-13/h7,9-13,17-18,20-22H,2-6H2,1H3/t7-,9+,10+,11-,12+,13-,14-,15+,16+/m0/s1. The van der Waals surface area contributed by atoms with Crippen molar-refractivity contribution in [2.24, 2.45) is 11.3 Å². The van der Waals surface area contributed by atoms with Gasteiger partial charge >= 0.3 is 0 Å². The molecule has 3 aliphatic carbocycles. The highest BCUT2D eigenvalue weighted by Crippen LogP contribution is 2.71.